The van der Waals surface area contributed by atoms with Gasteiger partial charge in [-0.2, -0.15) is 0 Å². The Morgan fingerprint density at radius 2 is 1.77 bits per heavy atom. The smallest absolute Gasteiger partial charge is 0.313 e. The van der Waals surface area contributed by atoms with Crippen molar-refractivity contribution < 1.29 is 14.3 Å². The van der Waals surface area contributed by atoms with E-state index in [4.69, 9.17) is 4.74 Å². The van der Waals surface area contributed by atoms with Gasteiger partial charge < -0.3 is 15.4 Å². The first kappa shape index (κ1) is 16.5. The molecule has 6 heteroatoms. The molecule has 1 saturated heterocycles. The van der Waals surface area contributed by atoms with Crippen molar-refractivity contribution in [2.45, 2.75) is 13.8 Å². The molecule has 0 spiro atoms. The Balaban J connectivity index is 1.78. The lowest BCUT2D eigenvalue weighted by atomic mass is 10.1. The van der Waals surface area contributed by atoms with Crippen LogP contribution in [0.5, 0.6) is 0 Å². The number of hydrogen-bond donors (Lipinski definition) is 2. The van der Waals surface area contributed by atoms with Gasteiger partial charge in [0.05, 0.1) is 13.2 Å². The molecule has 22 heavy (non-hydrogen) atoms. The first-order valence-electron chi connectivity index (χ1n) is 7.53. The van der Waals surface area contributed by atoms with Crippen molar-refractivity contribution >= 4 is 17.5 Å². The largest absolute Gasteiger partial charge is 0.379 e. The number of ether oxygens (including phenoxy) is 1. The van der Waals surface area contributed by atoms with E-state index in [0.717, 1.165) is 44.0 Å². The molecule has 2 rings (SSSR count). The zero-order valence-electron chi connectivity index (χ0n) is 13.1. The van der Waals surface area contributed by atoms with Gasteiger partial charge >= 0.3 is 11.8 Å². The minimum atomic E-state index is -0.626. The van der Waals surface area contributed by atoms with E-state index in [-0.39, 0.29) is 0 Å². The number of nitrogens with zero attached hydrogens (tertiary/aromatic N) is 1. The summed E-state index contributed by atoms with van der Waals surface area (Å²) in [6, 6.07) is 5.72. The molecule has 0 unspecified atom stereocenters. The third-order valence-electron chi connectivity index (χ3n) is 3.74. The molecule has 0 atom stereocenters. The van der Waals surface area contributed by atoms with Gasteiger partial charge in [0.2, 0.25) is 0 Å². The number of para-hydroxylation sites is 1. The minimum Gasteiger partial charge on any atom is -0.379 e. The van der Waals surface area contributed by atoms with Crippen LogP contribution in [0.15, 0.2) is 18.2 Å². The van der Waals surface area contributed by atoms with Crippen LogP contribution in [0, 0.1) is 13.8 Å². The third-order valence-corrected chi connectivity index (χ3v) is 3.74. The first-order chi connectivity index (χ1) is 10.6. The molecule has 1 aliphatic rings. The lowest BCUT2D eigenvalue weighted by Gasteiger charge is -2.26. The Morgan fingerprint density at radius 3 is 2.41 bits per heavy atom. The Kier molecular flexibility index (Phi) is 5.91. The molecule has 1 aromatic rings. The fourth-order valence-corrected chi connectivity index (χ4v) is 2.41. The second-order valence-electron chi connectivity index (χ2n) is 5.43. The Morgan fingerprint density at radius 1 is 1.14 bits per heavy atom. The van der Waals surface area contributed by atoms with Crippen molar-refractivity contribution in [2.75, 3.05) is 44.7 Å². The maximum absolute atomic E-state index is 11.9. The van der Waals surface area contributed by atoms with Crippen LogP contribution in [0.4, 0.5) is 5.69 Å². The number of nitrogens with one attached hydrogen (secondary N) is 2. The average Bonchev–Trinajstić information content (AvgIpc) is 2.52. The van der Waals surface area contributed by atoms with Crippen molar-refractivity contribution in [3.8, 4) is 0 Å². The monoisotopic (exact) mass is 305 g/mol. The van der Waals surface area contributed by atoms with Crippen LogP contribution in [0.1, 0.15) is 11.1 Å². The van der Waals surface area contributed by atoms with E-state index in [1.807, 2.05) is 32.0 Å². The van der Waals surface area contributed by atoms with Crippen LogP contribution in [0.3, 0.4) is 0 Å². The van der Waals surface area contributed by atoms with Gasteiger partial charge in [0.15, 0.2) is 0 Å². The normalized spacial score (nSPS) is 15.4. The Labute approximate surface area is 130 Å². The van der Waals surface area contributed by atoms with Gasteiger partial charge in [-0.05, 0) is 25.0 Å². The summed E-state index contributed by atoms with van der Waals surface area (Å²) in [5, 5.41) is 5.34. The molecule has 0 aliphatic carbocycles. The molecule has 0 saturated carbocycles. The molecule has 1 fully saturated rings. The molecular weight excluding hydrogens is 282 g/mol. The second-order valence-corrected chi connectivity index (χ2v) is 5.43. The van der Waals surface area contributed by atoms with Crippen molar-refractivity contribution in [3.63, 3.8) is 0 Å². The maximum atomic E-state index is 11.9. The summed E-state index contributed by atoms with van der Waals surface area (Å²) in [7, 11) is 0. The average molecular weight is 305 g/mol. The van der Waals surface area contributed by atoms with Crippen LogP contribution < -0.4 is 10.6 Å². The number of rotatable bonds is 4. The van der Waals surface area contributed by atoms with E-state index in [1.165, 1.54) is 0 Å². The van der Waals surface area contributed by atoms with Gasteiger partial charge in [0, 0.05) is 31.9 Å². The lowest BCUT2D eigenvalue weighted by Crippen LogP contribution is -2.43. The first-order valence-corrected chi connectivity index (χ1v) is 7.53. The number of benzene rings is 1. The molecule has 2 N–H and O–H groups in total. The highest BCUT2D eigenvalue weighted by molar-refractivity contribution is 6.39. The molecular formula is C16H23N3O3. The number of hydrogen-bond acceptors (Lipinski definition) is 4. The number of anilines is 1. The molecule has 1 aromatic carbocycles. The van der Waals surface area contributed by atoms with Crippen molar-refractivity contribution in [3.05, 3.63) is 29.3 Å². The highest BCUT2D eigenvalue weighted by Gasteiger charge is 2.16. The standard InChI is InChI=1S/C16H23N3O3/c1-12-4-3-5-13(2)14(12)18-16(21)15(20)17-6-7-19-8-10-22-11-9-19/h3-5H,6-11H2,1-2H3,(H,17,20)(H,18,21). The summed E-state index contributed by atoms with van der Waals surface area (Å²) in [6.07, 6.45) is 0. The number of carbonyl (C=O) groups is 2. The van der Waals surface area contributed by atoms with E-state index in [9.17, 15) is 9.59 Å². The summed E-state index contributed by atoms with van der Waals surface area (Å²) in [5.41, 5.74) is 2.58. The number of amides is 2. The van der Waals surface area contributed by atoms with Crippen LogP contribution >= 0.6 is 0 Å². The molecule has 120 valence electrons. The van der Waals surface area contributed by atoms with Gasteiger partial charge in [-0.3, -0.25) is 14.5 Å². The fourth-order valence-electron chi connectivity index (χ4n) is 2.41. The number of morpholine rings is 1. The zero-order chi connectivity index (χ0) is 15.9. The highest BCUT2D eigenvalue weighted by atomic mass is 16.5. The minimum absolute atomic E-state index is 0.457. The van der Waals surface area contributed by atoms with E-state index >= 15 is 0 Å². The van der Waals surface area contributed by atoms with E-state index in [0.29, 0.717) is 12.2 Å². The van der Waals surface area contributed by atoms with Crippen LogP contribution in [0.2, 0.25) is 0 Å². The summed E-state index contributed by atoms with van der Waals surface area (Å²) in [5.74, 6) is -1.23. The number of carbonyl (C=O) groups excluding carboxylic acids is 2. The second kappa shape index (κ2) is 7.91. The summed E-state index contributed by atoms with van der Waals surface area (Å²) in [4.78, 5) is 26.0. The molecule has 1 heterocycles. The van der Waals surface area contributed by atoms with Crippen LogP contribution in [-0.2, 0) is 14.3 Å². The molecule has 0 aromatic heterocycles. The molecule has 1 aliphatic heterocycles. The zero-order valence-corrected chi connectivity index (χ0v) is 13.1. The summed E-state index contributed by atoms with van der Waals surface area (Å²) < 4.78 is 5.26. The van der Waals surface area contributed by atoms with Crippen LogP contribution in [-0.4, -0.2) is 56.1 Å². The Hall–Kier alpha value is -1.92. The van der Waals surface area contributed by atoms with Gasteiger partial charge in [-0.1, -0.05) is 18.2 Å². The van der Waals surface area contributed by atoms with E-state index < -0.39 is 11.8 Å². The number of aryl methyl sites for hydroxylation is 2. The predicted octanol–water partition coefficient (Wildman–Crippen LogP) is 0.690. The maximum Gasteiger partial charge on any atom is 0.313 e. The SMILES string of the molecule is Cc1cccc(C)c1NC(=O)C(=O)NCCN1CCOCC1. The van der Waals surface area contributed by atoms with E-state index in [1.54, 1.807) is 0 Å². The van der Waals surface area contributed by atoms with Crippen molar-refractivity contribution in [2.24, 2.45) is 0 Å². The Bertz CT molecular complexity index is 519. The van der Waals surface area contributed by atoms with Crippen molar-refractivity contribution in [1.82, 2.24) is 10.2 Å². The third kappa shape index (κ3) is 4.54. The van der Waals surface area contributed by atoms with E-state index in [2.05, 4.69) is 15.5 Å². The predicted molar refractivity (Wildman–Crippen MR) is 84.8 cm³/mol. The molecule has 2 amide bonds. The molecule has 0 radical (unpaired) electrons. The van der Waals surface area contributed by atoms with Crippen LogP contribution in [0.25, 0.3) is 0 Å². The van der Waals surface area contributed by atoms with Gasteiger partial charge in [0.25, 0.3) is 0 Å². The summed E-state index contributed by atoms with van der Waals surface area (Å²) in [6.45, 7) is 8.17. The quantitative estimate of drug-likeness (QED) is 0.803. The molecule has 0 bridgehead atoms. The van der Waals surface area contributed by atoms with Gasteiger partial charge in [0.1, 0.15) is 0 Å². The molecule has 6 nitrogen and oxygen atoms in total. The van der Waals surface area contributed by atoms with Crippen molar-refractivity contribution in [1.29, 1.82) is 0 Å². The topological polar surface area (TPSA) is 70.7 Å². The lowest BCUT2D eigenvalue weighted by molar-refractivity contribution is -0.136. The van der Waals surface area contributed by atoms with Gasteiger partial charge in [-0.15, -0.1) is 0 Å². The fraction of sp³-hybridized carbons (Fsp3) is 0.500. The summed E-state index contributed by atoms with van der Waals surface area (Å²) >= 11 is 0. The van der Waals surface area contributed by atoms with Gasteiger partial charge in [-0.25, -0.2) is 0 Å². The highest BCUT2D eigenvalue weighted by Crippen LogP contribution is 2.19.